The highest BCUT2D eigenvalue weighted by Crippen LogP contribution is 2.27. The number of nitrogens with zero attached hydrogens (tertiary/aromatic N) is 6. The van der Waals surface area contributed by atoms with Crippen LogP contribution in [-0.4, -0.2) is 73.7 Å². The van der Waals surface area contributed by atoms with Crippen molar-refractivity contribution < 1.29 is 41.1 Å². The standard InChI is InChI=1S/C31H27BrFN7O9S/c1-31(2,3)47-30(44)40(28(42)20-12-8-5-9-13-20)50(45,46)38(27(41)19-10-6-4-7-11-19)17-16-34-25-24(35-49-36-25)26-37-48-29(43)39(26)21-14-15-23(33)22(32)18-21/h4-15,18H,16-17H2,1-3H3,(H,34,36). The predicted molar refractivity (Wildman–Crippen MR) is 177 cm³/mol. The van der Waals surface area contributed by atoms with Gasteiger partial charge >= 0.3 is 22.1 Å². The molecule has 19 heteroatoms. The summed E-state index contributed by atoms with van der Waals surface area (Å²) in [7, 11) is -5.29. The molecule has 5 rings (SSSR count). The van der Waals surface area contributed by atoms with Crippen molar-refractivity contribution in [2.45, 2.75) is 26.4 Å². The van der Waals surface area contributed by atoms with Gasteiger partial charge in [0.15, 0.2) is 5.69 Å². The molecule has 0 atom stereocenters. The number of aromatic nitrogens is 4. The monoisotopic (exact) mass is 771 g/mol. The number of benzene rings is 3. The molecule has 1 N–H and O–H groups in total. The largest absolute Gasteiger partial charge is 0.446 e. The molecule has 0 fully saturated rings. The maximum Gasteiger partial charge on any atom is 0.446 e. The summed E-state index contributed by atoms with van der Waals surface area (Å²) in [4.78, 5) is 53.4. The summed E-state index contributed by atoms with van der Waals surface area (Å²) >= 11 is 3.06. The van der Waals surface area contributed by atoms with Crippen molar-refractivity contribution in [1.29, 1.82) is 0 Å². The predicted octanol–water partition coefficient (Wildman–Crippen LogP) is 4.65. The molecule has 16 nitrogen and oxygen atoms in total. The van der Waals surface area contributed by atoms with Crippen molar-refractivity contribution in [1.82, 2.24) is 28.6 Å². The zero-order valence-electron chi connectivity index (χ0n) is 26.4. The molecule has 3 amide bonds. The van der Waals surface area contributed by atoms with Crippen LogP contribution in [0.2, 0.25) is 0 Å². The minimum atomic E-state index is -5.29. The van der Waals surface area contributed by atoms with Gasteiger partial charge in [0, 0.05) is 17.7 Å². The van der Waals surface area contributed by atoms with E-state index in [-0.39, 0.29) is 42.9 Å². The number of halogens is 2. The molecule has 2 heterocycles. The Morgan fingerprint density at radius 2 is 1.56 bits per heavy atom. The maximum atomic E-state index is 14.3. The fourth-order valence-electron chi connectivity index (χ4n) is 4.41. The first-order valence-electron chi connectivity index (χ1n) is 14.5. The van der Waals surface area contributed by atoms with Crippen LogP contribution in [0.15, 0.2) is 97.3 Å². The molecule has 0 radical (unpaired) electrons. The third-order valence-electron chi connectivity index (χ3n) is 6.59. The minimum absolute atomic E-state index is 0.0428. The van der Waals surface area contributed by atoms with Gasteiger partial charge < -0.3 is 10.1 Å². The number of hydrogen-bond donors (Lipinski definition) is 1. The summed E-state index contributed by atoms with van der Waals surface area (Å²) in [5.41, 5.74) is -1.50. The number of hydrogen-bond acceptors (Lipinski definition) is 13. The Labute approximate surface area is 291 Å². The van der Waals surface area contributed by atoms with E-state index < -0.39 is 58.4 Å². The molecular formula is C31H27BrFN7O9S. The number of ether oxygens (including phenoxy) is 1. The summed E-state index contributed by atoms with van der Waals surface area (Å²) in [6, 6.07) is 18.1. The molecule has 0 aliphatic carbocycles. The molecule has 50 heavy (non-hydrogen) atoms. The van der Waals surface area contributed by atoms with Gasteiger partial charge in [-0.1, -0.05) is 41.6 Å². The lowest BCUT2D eigenvalue weighted by molar-refractivity contribution is 0.0363. The Hall–Kier alpha value is -5.69. The van der Waals surface area contributed by atoms with Crippen molar-refractivity contribution in [3.63, 3.8) is 0 Å². The Balaban J connectivity index is 1.49. The van der Waals surface area contributed by atoms with Crippen LogP contribution >= 0.6 is 15.9 Å². The zero-order valence-corrected chi connectivity index (χ0v) is 28.8. The van der Waals surface area contributed by atoms with Crippen molar-refractivity contribution in [3.05, 3.63) is 111 Å². The fraction of sp³-hybridized carbons (Fsp3) is 0.194. The molecule has 0 aliphatic heterocycles. The first-order chi connectivity index (χ1) is 23.7. The molecule has 5 aromatic rings. The summed E-state index contributed by atoms with van der Waals surface area (Å²) in [5, 5.41) is 14.0. The van der Waals surface area contributed by atoms with Gasteiger partial charge in [-0.3, -0.25) is 14.1 Å². The van der Waals surface area contributed by atoms with E-state index in [1.165, 1.54) is 81.4 Å². The number of anilines is 1. The SMILES string of the molecule is CC(C)(C)OC(=O)N(C(=O)c1ccccc1)S(=O)(=O)N(CCNc1nonc1-c1noc(=O)n1-c1ccc(F)c(Br)c1)C(=O)c1ccccc1. The number of amides is 3. The number of rotatable bonds is 10. The van der Waals surface area contributed by atoms with Crippen molar-refractivity contribution >= 4 is 49.9 Å². The molecule has 2 aromatic heterocycles. The topological polar surface area (TPSA) is 200 Å². The molecule has 0 spiro atoms. The first-order valence-corrected chi connectivity index (χ1v) is 16.7. The lowest BCUT2D eigenvalue weighted by Crippen LogP contribution is -2.53. The van der Waals surface area contributed by atoms with Crippen molar-refractivity contribution in [3.8, 4) is 17.2 Å². The second kappa shape index (κ2) is 14.4. The van der Waals surface area contributed by atoms with Gasteiger partial charge in [0.2, 0.25) is 11.6 Å². The van der Waals surface area contributed by atoms with E-state index in [4.69, 9.17) is 13.9 Å². The molecule has 0 saturated carbocycles. The molecule has 0 unspecified atom stereocenters. The van der Waals surface area contributed by atoms with E-state index in [0.29, 0.717) is 4.31 Å². The molecule has 260 valence electrons. The number of carbonyl (C=O) groups excluding carboxylic acids is 3. The third-order valence-corrected chi connectivity index (χ3v) is 8.88. The Morgan fingerprint density at radius 3 is 2.16 bits per heavy atom. The number of carbonyl (C=O) groups is 3. The van der Waals surface area contributed by atoms with E-state index in [2.05, 4.69) is 36.7 Å². The van der Waals surface area contributed by atoms with Crippen LogP contribution in [0.1, 0.15) is 41.5 Å². The quantitative estimate of drug-likeness (QED) is 0.206. The van der Waals surface area contributed by atoms with Crippen LogP contribution in [0, 0.1) is 5.82 Å². The molecule has 0 aliphatic rings. The maximum absolute atomic E-state index is 14.3. The van der Waals surface area contributed by atoms with Gasteiger partial charge in [-0.2, -0.15) is 8.42 Å². The average molecular weight is 773 g/mol. The van der Waals surface area contributed by atoms with E-state index in [1.54, 1.807) is 12.1 Å². The molecule has 0 bridgehead atoms. The zero-order chi connectivity index (χ0) is 36.2. The lowest BCUT2D eigenvalue weighted by atomic mass is 10.2. The van der Waals surface area contributed by atoms with Gasteiger partial charge in [0.1, 0.15) is 11.4 Å². The highest BCUT2D eigenvalue weighted by molar-refractivity contribution is 9.10. The van der Waals surface area contributed by atoms with Gasteiger partial charge in [-0.15, -0.1) is 4.31 Å². The van der Waals surface area contributed by atoms with Crippen molar-refractivity contribution in [2.24, 2.45) is 0 Å². The van der Waals surface area contributed by atoms with Gasteiger partial charge in [-0.05, 0) is 89.5 Å². The Morgan fingerprint density at radius 1 is 0.940 bits per heavy atom. The van der Waals surface area contributed by atoms with Crippen LogP contribution in [0.25, 0.3) is 17.2 Å². The normalized spacial score (nSPS) is 11.5. The third kappa shape index (κ3) is 7.62. The summed E-state index contributed by atoms with van der Waals surface area (Å²) < 4.78 is 58.6. The van der Waals surface area contributed by atoms with E-state index in [0.717, 1.165) is 10.6 Å². The van der Waals surface area contributed by atoms with Gasteiger partial charge in [-0.25, -0.2) is 27.5 Å². The van der Waals surface area contributed by atoms with E-state index in [1.807, 2.05) is 0 Å². The lowest BCUT2D eigenvalue weighted by Gasteiger charge is -2.30. The van der Waals surface area contributed by atoms with Gasteiger partial charge in [0.25, 0.3) is 11.8 Å². The highest BCUT2D eigenvalue weighted by Gasteiger charge is 2.44. The molecule has 0 saturated heterocycles. The summed E-state index contributed by atoms with van der Waals surface area (Å²) in [6.45, 7) is 3.36. The van der Waals surface area contributed by atoms with Crippen LogP contribution in [-0.2, 0) is 14.9 Å². The highest BCUT2D eigenvalue weighted by atomic mass is 79.9. The van der Waals surface area contributed by atoms with Crippen LogP contribution in [0.3, 0.4) is 0 Å². The summed E-state index contributed by atoms with van der Waals surface area (Å²) in [5.74, 6) is -4.27. The smallest absolute Gasteiger partial charge is 0.443 e. The van der Waals surface area contributed by atoms with Crippen molar-refractivity contribution in [2.75, 3.05) is 18.4 Å². The van der Waals surface area contributed by atoms with E-state index in [9.17, 15) is 32.0 Å². The minimum Gasteiger partial charge on any atom is -0.443 e. The second-order valence-electron chi connectivity index (χ2n) is 11.3. The first kappa shape index (κ1) is 35.6. The molecule has 3 aromatic carbocycles. The fourth-order valence-corrected chi connectivity index (χ4v) is 6.15. The molecular weight excluding hydrogens is 745 g/mol. The number of nitrogens with one attached hydrogen (secondary N) is 1. The second-order valence-corrected chi connectivity index (χ2v) is 13.8. The van der Waals surface area contributed by atoms with E-state index >= 15 is 0 Å². The Kier molecular flexibility index (Phi) is 10.3. The van der Waals surface area contributed by atoms with Crippen LogP contribution in [0.4, 0.5) is 15.0 Å². The number of imide groups is 1. The van der Waals surface area contributed by atoms with Crippen LogP contribution < -0.4 is 11.1 Å². The van der Waals surface area contributed by atoms with Gasteiger partial charge in [0.05, 0.1) is 16.7 Å². The van der Waals surface area contributed by atoms with Crippen LogP contribution in [0.5, 0.6) is 0 Å². The Bertz CT molecular complexity index is 2200. The summed E-state index contributed by atoms with van der Waals surface area (Å²) in [6.07, 6.45) is -1.54. The average Bonchev–Trinajstić information content (AvgIpc) is 3.69.